The zero-order chi connectivity index (χ0) is 13.9. The van der Waals surface area contributed by atoms with Gasteiger partial charge in [-0.15, -0.1) is 0 Å². The van der Waals surface area contributed by atoms with Gasteiger partial charge in [0.05, 0.1) is 5.92 Å². The molecule has 3 heteroatoms. The molecule has 0 aromatic heterocycles. The SMILES string of the molecule is CCCNC1CCN(C(=O)C2Cc3ccccc32)CC1. The number of nitrogens with zero attached hydrogens (tertiary/aromatic N) is 1. The van der Waals surface area contributed by atoms with Gasteiger partial charge in [-0.1, -0.05) is 31.2 Å². The number of fused-ring (bicyclic) bond motifs is 1. The second-order valence-corrected chi connectivity index (χ2v) is 6.01. The van der Waals surface area contributed by atoms with Gasteiger partial charge in [0, 0.05) is 19.1 Å². The van der Waals surface area contributed by atoms with Crippen LogP contribution in [0.1, 0.15) is 43.2 Å². The van der Waals surface area contributed by atoms with Crippen LogP contribution in [0.3, 0.4) is 0 Å². The molecular formula is C17H24N2O. The molecule has 3 rings (SSSR count). The van der Waals surface area contributed by atoms with E-state index in [-0.39, 0.29) is 5.92 Å². The maximum atomic E-state index is 12.6. The lowest BCUT2D eigenvalue weighted by molar-refractivity contribution is -0.134. The molecule has 2 aliphatic rings. The Balaban J connectivity index is 1.53. The molecule has 1 atom stereocenters. The number of rotatable bonds is 4. The summed E-state index contributed by atoms with van der Waals surface area (Å²) in [6.07, 6.45) is 4.31. The molecule has 3 nitrogen and oxygen atoms in total. The van der Waals surface area contributed by atoms with Gasteiger partial charge in [0.1, 0.15) is 0 Å². The third-order valence-corrected chi connectivity index (χ3v) is 4.64. The summed E-state index contributed by atoms with van der Waals surface area (Å²) in [5, 5.41) is 3.57. The van der Waals surface area contributed by atoms with Crippen molar-refractivity contribution in [2.75, 3.05) is 19.6 Å². The van der Waals surface area contributed by atoms with Gasteiger partial charge >= 0.3 is 0 Å². The van der Waals surface area contributed by atoms with E-state index in [4.69, 9.17) is 0 Å². The third kappa shape index (κ3) is 2.59. The fraction of sp³-hybridized carbons (Fsp3) is 0.588. The van der Waals surface area contributed by atoms with Gasteiger partial charge < -0.3 is 10.2 Å². The molecule has 1 saturated heterocycles. The Bertz CT molecular complexity index is 478. The van der Waals surface area contributed by atoms with Crippen molar-refractivity contribution in [3.05, 3.63) is 35.4 Å². The zero-order valence-electron chi connectivity index (χ0n) is 12.3. The van der Waals surface area contributed by atoms with E-state index in [1.54, 1.807) is 0 Å². The number of hydrogen-bond donors (Lipinski definition) is 1. The van der Waals surface area contributed by atoms with Crippen molar-refractivity contribution < 1.29 is 4.79 Å². The largest absolute Gasteiger partial charge is 0.342 e. The van der Waals surface area contributed by atoms with Crippen LogP contribution in [-0.2, 0) is 11.2 Å². The minimum Gasteiger partial charge on any atom is -0.342 e. The Morgan fingerprint density at radius 2 is 2.05 bits per heavy atom. The average molecular weight is 272 g/mol. The van der Waals surface area contributed by atoms with Gasteiger partial charge in [-0.2, -0.15) is 0 Å². The molecule has 0 radical (unpaired) electrons. The first-order valence-corrected chi connectivity index (χ1v) is 7.89. The third-order valence-electron chi connectivity index (χ3n) is 4.64. The number of piperidine rings is 1. The summed E-state index contributed by atoms with van der Waals surface area (Å²) in [7, 11) is 0. The summed E-state index contributed by atoms with van der Waals surface area (Å²) in [4.78, 5) is 14.6. The van der Waals surface area contributed by atoms with Crippen LogP contribution in [0.5, 0.6) is 0 Å². The standard InChI is InChI=1S/C17H24N2O/c1-2-9-18-14-7-10-19(11-8-14)17(20)16-12-13-5-3-4-6-15(13)16/h3-6,14,16,18H,2,7-12H2,1H3. The molecular weight excluding hydrogens is 248 g/mol. The second-order valence-electron chi connectivity index (χ2n) is 6.01. The van der Waals surface area contributed by atoms with Crippen molar-refractivity contribution in [3.63, 3.8) is 0 Å². The molecule has 0 spiro atoms. The van der Waals surface area contributed by atoms with Crippen molar-refractivity contribution in [2.24, 2.45) is 0 Å². The van der Waals surface area contributed by atoms with Crippen LogP contribution in [0.2, 0.25) is 0 Å². The number of benzene rings is 1. The van der Waals surface area contributed by atoms with E-state index in [1.807, 2.05) is 6.07 Å². The monoisotopic (exact) mass is 272 g/mol. The molecule has 108 valence electrons. The first-order chi connectivity index (χ1) is 9.79. The first kappa shape index (κ1) is 13.6. The second kappa shape index (κ2) is 5.96. The Kier molecular flexibility index (Phi) is 4.06. The highest BCUT2D eigenvalue weighted by atomic mass is 16.2. The first-order valence-electron chi connectivity index (χ1n) is 7.89. The highest BCUT2D eigenvalue weighted by Gasteiger charge is 2.35. The van der Waals surface area contributed by atoms with E-state index in [0.29, 0.717) is 11.9 Å². The van der Waals surface area contributed by atoms with Crippen LogP contribution in [-0.4, -0.2) is 36.5 Å². The minimum absolute atomic E-state index is 0.131. The molecule has 1 N–H and O–H groups in total. The fourth-order valence-corrected chi connectivity index (χ4v) is 3.35. The molecule has 20 heavy (non-hydrogen) atoms. The highest BCUT2D eigenvalue weighted by molar-refractivity contribution is 5.87. The van der Waals surface area contributed by atoms with Gasteiger partial charge in [-0.3, -0.25) is 4.79 Å². The lowest BCUT2D eigenvalue weighted by Gasteiger charge is -2.38. The van der Waals surface area contributed by atoms with Crippen molar-refractivity contribution in [3.8, 4) is 0 Å². The number of hydrogen-bond acceptors (Lipinski definition) is 2. The number of amides is 1. The number of nitrogens with one attached hydrogen (secondary N) is 1. The van der Waals surface area contributed by atoms with Gasteiger partial charge in [-0.05, 0) is 43.4 Å². The Morgan fingerprint density at radius 1 is 1.30 bits per heavy atom. The van der Waals surface area contributed by atoms with Gasteiger partial charge in [-0.25, -0.2) is 0 Å². The van der Waals surface area contributed by atoms with Gasteiger partial charge in [0.2, 0.25) is 5.91 Å². The summed E-state index contributed by atoms with van der Waals surface area (Å²) >= 11 is 0. The predicted molar refractivity (Wildman–Crippen MR) is 80.8 cm³/mol. The zero-order valence-corrected chi connectivity index (χ0v) is 12.3. The van der Waals surface area contributed by atoms with Crippen LogP contribution in [0.15, 0.2) is 24.3 Å². The van der Waals surface area contributed by atoms with E-state index < -0.39 is 0 Å². The van der Waals surface area contributed by atoms with Gasteiger partial charge in [0.15, 0.2) is 0 Å². The van der Waals surface area contributed by atoms with Gasteiger partial charge in [0.25, 0.3) is 0 Å². The molecule has 1 amide bonds. The lowest BCUT2D eigenvalue weighted by atomic mass is 9.76. The fourth-order valence-electron chi connectivity index (χ4n) is 3.35. The predicted octanol–water partition coefficient (Wildman–Crippen LogP) is 2.32. The van der Waals surface area contributed by atoms with Crippen molar-refractivity contribution in [1.29, 1.82) is 0 Å². The van der Waals surface area contributed by atoms with E-state index in [2.05, 4.69) is 35.3 Å². The minimum atomic E-state index is 0.131. The Labute approximate surface area is 121 Å². The lowest BCUT2D eigenvalue weighted by Crippen LogP contribution is -2.47. The summed E-state index contributed by atoms with van der Waals surface area (Å²) in [6, 6.07) is 8.95. The van der Waals surface area contributed by atoms with Crippen LogP contribution < -0.4 is 5.32 Å². The van der Waals surface area contributed by atoms with E-state index >= 15 is 0 Å². The van der Waals surface area contributed by atoms with Crippen molar-refractivity contribution >= 4 is 5.91 Å². The van der Waals surface area contributed by atoms with Crippen molar-refractivity contribution in [1.82, 2.24) is 10.2 Å². The maximum absolute atomic E-state index is 12.6. The molecule has 1 aromatic rings. The molecule has 1 fully saturated rings. The molecule has 1 heterocycles. The Hall–Kier alpha value is -1.35. The summed E-state index contributed by atoms with van der Waals surface area (Å²) in [5.74, 6) is 0.476. The Morgan fingerprint density at radius 3 is 2.75 bits per heavy atom. The van der Waals surface area contributed by atoms with Crippen LogP contribution in [0.4, 0.5) is 0 Å². The number of carbonyl (C=O) groups is 1. The molecule has 1 aliphatic heterocycles. The molecule has 1 aliphatic carbocycles. The molecule has 0 saturated carbocycles. The van der Waals surface area contributed by atoms with Crippen LogP contribution in [0, 0.1) is 0 Å². The number of likely N-dealkylation sites (tertiary alicyclic amines) is 1. The van der Waals surface area contributed by atoms with E-state index in [1.165, 1.54) is 17.5 Å². The molecule has 1 unspecified atom stereocenters. The van der Waals surface area contributed by atoms with Crippen LogP contribution in [0.25, 0.3) is 0 Å². The van der Waals surface area contributed by atoms with E-state index in [0.717, 1.165) is 38.9 Å². The molecule has 0 bridgehead atoms. The maximum Gasteiger partial charge on any atom is 0.230 e. The van der Waals surface area contributed by atoms with Crippen LogP contribution >= 0.6 is 0 Å². The topological polar surface area (TPSA) is 32.3 Å². The quantitative estimate of drug-likeness (QED) is 0.912. The number of carbonyl (C=O) groups excluding carboxylic acids is 1. The summed E-state index contributed by atoms with van der Waals surface area (Å²) in [5.41, 5.74) is 2.61. The normalized spacial score (nSPS) is 22.2. The van der Waals surface area contributed by atoms with Crippen molar-refractivity contribution in [2.45, 2.75) is 44.6 Å². The van der Waals surface area contributed by atoms with E-state index in [9.17, 15) is 4.79 Å². The summed E-state index contributed by atoms with van der Waals surface area (Å²) in [6.45, 7) is 5.12. The average Bonchev–Trinajstić information content (AvgIpc) is 2.47. The molecule has 1 aromatic carbocycles. The summed E-state index contributed by atoms with van der Waals surface area (Å²) < 4.78 is 0. The highest BCUT2D eigenvalue weighted by Crippen LogP contribution is 2.36. The smallest absolute Gasteiger partial charge is 0.230 e.